The van der Waals surface area contributed by atoms with Crippen molar-refractivity contribution >= 4 is 6.29 Å². The standard InChI is InChI=1S/C9H12O/c1-7-4-3-5-9(6-10)8(7)2/h4,6,9H,2-3,5H2,1H3/t9-/m1/s1. The molecular weight excluding hydrogens is 124 g/mol. The number of allylic oxidation sites excluding steroid dienone is 3. The third kappa shape index (κ3) is 1.18. The molecule has 1 aliphatic carbocycles. The minimum absolute atomic E-state index is 0.0880. The van der Waals surface area contributed by atoms with E-state index >= 15 is 0 Å². The molecular formula is C9H12O. The Hall–Kier alpha value is -0.850. The molecule has 0 spiro atoms. The second-order valence-corrected chi connectivity index (χ2v) is 2.73. The first-order valence-electron chi connectivity index (χ1n) is 3.57. The zero-order valence-electron chi connectivity index (χ0n) is 6.26. The van der Waals surface area contributed by atoms with Gasteiger partial charge in [0.25, 0.3) is 0 Å². The van der Waals surface area contributed by atoms with Gasteiger partial charge in [-0.05, 0) is 25.3 Å². The third-order valence-electron chi connectivity index (χ3n) is 2.05. The third-order valence-corrected chi connectivity index (χ3v) is 2.05. The minimum atomic E-state index is 0.0880. The predicted octanol–water partition coefficient (Wildman–Crippen LogP) is 2.10. The van der Waals surface area contributed by atoms with Gasteiger partial charge in [0, 0.05) is 5.92 Å². The van der Waals surface area contributed by atoms with Crippen LogP contribution in [0.5, 0.6) is 0 Å². The normalized spacial score (nSPS) is 25.9. The monoisotopic (exact) mass is 136 g/mol. The fourth-order valence-corrected chi connectivity index (χ4v) is 1.23. The Morgan fingerprint density at radius 2 is 2.50 bits per heavy atom. The van der Waals surface area contributed by atoms with E-state index in [1.54, 1.807) is 0 Å². The SMILES string of the molecule is C=C1C(C)=CCC[C@@H]1C=O. The Morgan fingerprint density at radius 3 is 3.00 bits per heavy atom. The number of aldehydes is 1. The fourth-order valence-electron chi connectivity index (χ4n) is 1.23. The van der Waals surface area contributed by atoms with Crippen LogP contribution in [0.3, 0.4) is 0 Å². The van der Waals surface area contributed by atoms with Gasteiger partial charge in [0.2, 0.25) is 0 Å². The summed E-state index contributed by atoms with van der Waals surface area (Å²) in [5.41, 5.74) is 2.18. The molecule has 0 saturated carbocycles. The summed E-state index contributed by atoms with van der Waals surface area (Å²) in [7, 11) is 0. The van der Waals surface area contributed by atoms with Crippen LogP contribution < -0.4 is 0 Å². The average molecular weight is 136 g/mol. The van der Waals surface area contributed by atoms with Gasteiger partial charge in [-0.2, -0.15) is 0 Å². The van der Waals surface area contributed by atoms with E-state index in [1.165, 1.54) is 5.57 Å². The van der Waals surface area contributed by atoms with Crippen LogP contribution in [0.25, 0.3) is 0 Å². The van der Waals surface area contributed by atoms with E-state index < -0.39 is 0 Å². The van der Waals surface area contributed by atoms with Gasteiger partial charge >= 0.3 is 0 Å². The second-order valence-electron chi connectivity index (χ2n) is 2.73. The van der Waals surface area contributed by atoms with E-state index in [1.807, 2.05) is 6.92 Å². The van der Waals surface area contributed by atoms with Crippen LogP contribution in [-0.4, -0.2) is 6.29 Å². The van der Waals surface area contributed by atoms with Crippen LogP contribution in [0, 0.1) is 5.92 Å². The number of hydrogen-bond donors (Lipinski definition) is 0. The molecule has 0 saturated heterocycles. The van der Waals surface area contributed by atoms with E-state index in [2.05, 4.69) is 12.7 Å². The number of carbonyl (C=O) groups excluding carboxylic acids is 1. The first-order chi connectivity index (χ1) is 4.75. The molecule has 0 aromatic rings. The maximum Gasteiger partial charge on any atom is 0.127 e. The van der Waals surface area contributed by atoms with Gasteiger partial charge in [-0.3, -0.25) is 0 Å². The van der Waals surface area contributed by atoms with E-state index in [0.717, 1.165) is 24.7 Å². The molecule has 0 radical (unpaired) electrons. The largest absolute Gasteiger partial charge is 0.303 e. The smallest absolute Gasteiger partial charge is 0.127 e. The lowest BCUT2D eigenvalue weighted by Crippen LogP contribution is -2.09. The highest BCUT2D eigenvalue weighted by atomic mass is 16.1. The van der Waals surface area contributed by atoms with Crippen LogP contribution in [0.4, 0.5) is 0 Å². The zero-order chi connectivity index (χ0) is 7.56. The summed E-state index contributed by atoms with van der Waals surface area (Å²) in [5, 5.41) is 0. The van der Waals surface area contributed by atoms with Crippen molar-refractivity contribution in [1.29, 1.82) is 0 Å². The molecule has 54 valence electrons. The molecule has 10 heavy (non-hydrogen) atoms. The van der Waals surface area contributed by atoms with Crippen molar-refractivity contribution < 1.29 is 4.79 Å². The van der Waals surface area contributed by atoms with Crippen molar-refractivity contribution in [2.45, 2.75) is 19.8 Å². The molecule has 0 unspecified atom stereocenters. The number of hydrogen-bond acceptors (Lipinski definition) is 1. The molecule has 0 aliphatic heterocycles. The molecule has 1 heteroatoms. The van der Waals surface area contributed by atoms with Crippen LogP contribution in [0.2, 0.25) is 0 Å². The fraction of sp³-hybridized carbons (Fsp3) is 0.444. The first kappa shape index (κ1) is 7.26. The Kier molecular flexibility index (Phi) is 2.05. The molecule has 0 aromatic carbocycles. The van der Waals surface area contributed by atoms with Crippen LogP contribution >= 0.6 is 0 Å². The van der Waals surface area contributed by atoms with Crippen molar-refractivity contribution in [1.82, 2.24) is 0 Å². The van der Waals surface area contributed by atoms with Crippen molar-refractivity contribution in [3.8, 4) is 0 Å². The van der Waals surface area contributed by atoms with Crippen LogP contribution in [-0.2, 0) is 4.79 Å². The van der Waals surface area contributed by atoms with Crippen LogP contribution in [0.1, 0.15) is 19.8 Å². The number of rotatable bonds is 1. The Bertz CT molecular complexity index is 189. The molecule has 1 rings (SSSR count). The summed E-state index contributed by atoms with van der Waals surface area (Å²) < 4.78 is 0. The molecule has 0 aromatic heterocycles. The summed E-state index contributed by atoms with van der Waals surface area (Å²) >= 11 is 0. The summed E-state index contributed by atoms with van der Waals surface area (Å²) in [4.78, 5) is 10.4. The maximum atomic E-state index is 10.4. The zero-order valence-corrected chi connectivity index (χ0v) is 6.26. The maximum absolute atomic E-state index is 10.4. The number of carbonyl (C=O) groups is 1. The summed E-state index contributed by atoms with van der Waals surface area (Å²) in [5.74, 6) is 0.0880. The lowest BCUT2D eigenvalue weighted by molar-refractivity contribution is -0.110. The summed E-state index contributed by atoms with van der Waals surface area (Å²) in [6, 6.07) is 0. The van der Waals surface area contributed by atoms with Crippen LogP contribution in [0.15, 0.2) is 23.8 Å². The lowest BCUT2D eigenvalue weighted by atomic mass is 9.86. The highest BCUT2D eigenvalue weighted by Gasteiger charge is 2.15. The lowest BCUT2D eigenvalue weighted by Gasteiger charge is -2.18. The molecule has 0 N–H and O–H groups in total. The first-order valence-corrected chi connectivity index (χ1v) is 3.57. The molecule has 0 amide bonds. The Morgan fingerprint density at radius 1 is 1.80 bits per heavy atom. The highest BCUT2D eigenvalue weighted by molar-refractivity contribution is 5.62. The quantitative estimate of drug-likeness (QED) is 0.504. The van der Waals surface area contributed by atoms with Gasteiger partial charge < -0.3 is 4.79 Å². The second kappa shape index (κ2) is 2.82. The molecule has 1 aliphatic rings. The van der Waals surface area contributed by atoms with Crippen molar-refractivity contribution in [3.63, 3.8) is 0 Å². The minimum Gasteiger partial charge on any atom is -0.303 e. The van der Waals surface area contributed by atoms with Crippen molar-refractivity contribution in [2.24, 2.45) is 5.92 Å². The average Bonchev–Trinajstić information content (AvgIpc) is 1.95. The van der Waals surface area contributed by atoms with Gasteiger partial charge in [0.15, 0.2) is 0 Å². The van der Waals surface area contributed by atoms with Gasteiger partial charge in [0.1, 0.15) is 6.29 Å². The Labute approximate surface area is 61.4 Å². The van der Waals surface area contributed by atoms with E-state index in [9.17, 15) is 4.79 Å². The Balaban J connectivity index is 2.77. The molecule has 0 bridgehead atoms. The predicted molar refractivity (Wildman–Crippen MR) is 41.7 cm³/mol. The molecule has 1 nitrogen and oxygen atoms in total. The molecule has 0 heterocycles. The highest BCUT2D eigenvalue weighted by Crippen LogP contribution is 2.26. The van der Waals surface area contributed by atoms with Crippen molar-refractivity contribution in [3.05, 3.63) is 23.8 Å². The van der Waals surface area contributed by atoms with Gasteiger partial charge in [0.05, 0.1) is 0 Å². The van der Waals surface area contributed by atoms with Gasteiger partial charge in [-0.1, -0.05) is 18.2 Å². The van der Waals surface area contributed by atoms with Gasteiger partial charge in [-0.25, -0.2) is 0 Å². The summed E-state index contributed by atoms with van der Waals surface area (Å²) in [6.07, 6.45) is 5.11. The van der Waals surface area contributed by atoms with Crippen molar-refractivity contribution in [2.75, 3.05) is 0 Å². The molecule has 1 atom stereocenters. The van der Waals surface area contributed by atoms with E-state index in [0.29, 0.717) is 0 Å². The van der Waals surface area contributed by atoms with E-state index in [-0.39, 0.29) is 5.92 Å². The molecule has 0 fully saturated rings. The van der Waals surface area contributed by atoms with E-state index in [4.69, 9.17) is 0 Å². The van der Waals surface area contributed by atoms with Gasteiger partial charge in [-0.15, -0.1) is 0 Å². The summed E-state index contributed by atoms with van der Waals surface area (Å²) in [6.45, 7) is 5.86. The topological polar surface area (TPSA) is 17.1 Å².